The van der Waals surface area contributed by atoms with Crippen LogP contribution in [0.3, 0.4) is 0 Å². The lowest BCUT2D eigenvalue weighted by atomic mass is 9.86. The van der Waals surface area contributed by atoms with Gasteiger partial charge in [0.15, 0.2) is 0 Å². The third-order valence-corrected chi connectivity index (χ3v) is 7.79. The van der Waals surface area contributed by atoms with Gasteiger partial charge in [0.1, 0.15) is 10.6 Å². The van der Waals surface area contributed by atoms with E-state index in [9.17, 15) is 9.18 Å². The van der Waals surface area contributed by atoms with E-state index in [1.807, 2.05) is 22.4 Å². The van der Waals surface area contributed by atoms with Gasteiger partial charge < -0.3 is 4.90 Å². The number of fused-ring (bicyclic) bond motifs is 2. The molecule has 4 nitrogen and oxygen atoms in total. The molecule has 156 valence electrons. The molecule has 2 aromatic heterocycles. The third kappa shape index (κ3) is 3.60. The van der Waals surface area contributed by atoms with Crippen molar-refractivity contribution < 1.29 is 9.18 Å². The van der Waals surface area contributed by atoms with Crippen molar-refractivity contribution in [3.8, 4) is 0 Å². The molecule has 1 amide bonds. The number of hydrogen-bond acceptors (Lipinski definition) is 4. The van der Waals surface area contributed by atoms with E-state index in [1.54, 1.807) is 12.3 Å². The van der Waals surface area contributed by atoms with Gasteiger partial charge in [-0.1, -0.05) is 29.3 Å². The first-order valence-electron chi connectivity index (χ1n) is 10.0. The Balaban J connectivity index is 1.28. The zero-order chi connectivity index (χ0) is 20.8. The van der Waals surface area contributed by atoms with E-state index in [0.29, 0.717) is 35.6 Å². The lowest BCUT2D eigenvalue weighted by Gasteiger charge is -2.46. The second-order valence-electron chi connectivity index (χ2n) is 7.97. The first kappa shape index (κ1) is 20.2. The van der Waals surface area contributed by atoms with Crippen LogP contribution in [-0.4, -0.2) is 52.9 Å². The Labute approximate surface area is 188 Å². The highest BCUT2D eigenvalue weighted by molar-refractivity contribution is 7.16. The number of carbonyl (C=O) groups excluding carboxylic acids is 1. The van der Waals surface area contributed by atoms with Crippen LogP contribution in [0.4, 0.5) is 4.39 Å². The number of nitrogens with zero attached hydrogens (tertiary/aromatic N) is 3. The van der Waals surface area contributed by atoms with Gasteiger partial charge in [0.2, 0.25) is 0 Å². The molecule has 8 heteroatoms. The summed E-state index contributed by atoms with van der Waals surface area (Å²) in [5, 5.41) is 3.44. The number of halogens is 3. The first-order chi connectivity index (χ1) is 14.5. The normalized spacial score (nSPS) is 22.3. The van der Waals surface area contributed by atoms with Crippen LogP contribution in [0.2, 0.25) is 10.0 Å². The number of amides is 1. The smallest absolute Gasteiger partial charge is 0.257 e. The SMILES string of the molecule is O=C(c1cnc2sccc2c1Cl)N1CCN2CC(c3ccc(F)c(Cl)c3)CCC2C1. The summed E-state index contributed by atoms with van der Waals surface area (Å²) >= 11 is 14.0. The minimum absolute atomic E-state index is 0.0484. The number of rotatable bonds is 2. The second-order valence-corrected chi connectivity index (χ2v) is 9.65. The molecule has 2 atom stereocenters. The molecule has 2 fully saturated rings. The third-order valence-electron chi connectivity index (χ3n) is 6.27. The molecule has 0 N–H and O–H groups in total. The highest BCUT2D eigenvalue weighted by atomic mass is 35.5. The molecule has 0 bridgehead atoms. The summed E-state index contributed by atoms with van der Waals surface area (Å²) < 4.78 is 13.5. The van der Waals surface area contributed by atoms with Crippen molar-refractivity contribution in [2.45, 2.75) is 24.8 Å². The standard InChI is InChI=1S/C22H20Cl2FN3OS/c23-18-9-13(2-4-19(18)25)14-1-3-15-12-28(7-6-27(15)11-14)22(29)17-10-26-21-16(20(17)24)5-8-30-21/h2,4-5,8-10,14-15H,1,3,6-7,11-12H2. The van der Waals surface area contributed by atoms with Crippen LogP contribution in [0.1, 0.15) is 34.7 Å². The average Bonchev–Trinajstić information content (AvgIpc) is 3.24. The van der Waals surface area contributed by atoms with Crippen molar-refractivity contribution in [1.82, 2.24) is 14.8 Å². The van der Waals surface area contributed by atoms with Crippen molar-refractivity contribution in [1.29, 1.82) is 0 Å². The molecule has 30 heavy (non-hydrogen) atoms. The predicted octanol–water partition coefficient (Wildman–Crippen LogP) is 5.45. The molecule has 2 saturated heterocycles. The van der Waals surface area contributed by atoms with Gasteiger partial charge in [-0.25, -0.2) is 9.37 Å². The molecule has 0 aliphatic carbocycles. The largest absolute Gasteiger partial charge is 0.336 e. The van der Waals surface area contributed by atoms with E-state index in [0.717, 1.165) is 41.7 Å². The molecular weight excluding hydrogens is 444 g/mol. The maximum Gasteiger partial charge on any atom is 0.257 e. The Morgan fingerprint density at radius 2 is 2.03 bits per heavy atom. The van der Waals surface area contributed by atoms with Crippen LogP contribution >= 0.6 is 34.5 Å². The zero-order valence-corrected chi connectivity index (χ0v) is 18.5. The molecule has 0 radical (unpaired) electrons. The fourth-order valence-corrected chi connectivity index (χ4v) is 5.88. The van der Waals surface area contributed by atoms with Gasteiger partial charge in [-0.3, -0.25) is 9.69 Å². The molecule has 2 aliphatic rings. The van der Waals surface area contributed by atoms with Crippen molar-refractivity contribution in [2.75, 3.05) is 26.2 Å². The Morgan fingerprint density at radius 1 is 1.17 bits per heavy atom. The van der Waals surface area contributed by atoms with E-state index in [2.05, 4.69) is 9.88 Å². The summed E-state index contributed by atoms with van der Waals surface area (Å²) in [6, 6.07) is 7.26. The minimum Gasteiger partial charge on any atom is -0.336 e. The van der Waals surface area contributed by atoms with E-state index < -0.39 is 0 Å². The maximum atomic E-state index is 13.5. The number of pyridine rings is 1. The molecule has 1 aromatic carbocycles. The molecule has 0 saturated carbocycles. The summed E-state index contributed by atoms with van der Waals surface area (Å²) in [5.74, 6) is -0.0936. The van der Waals surface area contributed by atoms with Crippen LogP contribution < -0.4 is 0 Å². The van der Waals surface area contributed by atoms with E-state index in [4.69, 9.17) is 23.2 Å². The number of hydrogen-bond donors (Lipinski definition) is 0. The number of piperidine rings is 1. The molecule has 5 rings (SSSR count). The Morgan fingerprint density at radius 3 is 2.87 bits per heavy atom. The average molecular weight is 464 g/mol. The highest BCUT2D eigenvalue weighted by Crippen LogP contribution is 2.34. The van der Waals surface area contributed by atoms with Gasteiger partial charge in [-0.2, -0.15) is 0 Å². The van der Waals surface area contributed by atoms with E-state index in [-0.39, 0.29) is 16.7 Å². The molecule has 2 unspecified atom stereocenters. The number of thiophene rings is 1. The monoisotopic (exact) mass is 463 g/mol. The molecular formula is C22H20Cl2FN3OS. The van der Waals surface area contributed by atoms with Crippen LogP contribution in [0.15, 0.2) is 35.8 Å². The lowest BCUT2D eigenvalue weighted by molar-refractivity contribution is 0.0329. The van der Waals surface area contributed by atoms with E-state index >= 15 is 0 Å². The Kier molecular flexibility index (Phi) is 5.44. The van der Waals surface area contributed by atoms with Gasteiger partial charge in [0.05, 0.1) is 15.6 Å². The van der Waals surface area contributed by atoms with Gasteiger partial charge in [-0.05, 0) is 47.9 Å². The summed E-state index contributed by atoms with van der Waals surface area (Å²) in [5.41, 5.74) is 1.56. The fraction of sp³-hybridized carbons (Fsp3) is 0.364. The number of aromatic nitrogens is 1. The summed E-state index contributed by atoms with van der Waals surface area (Å²) in [7, 11) is 0. The summed E-state index contributed by atoms with van der Waals surface area (Å²) in [6.45, 7) is 3.06. The molecule has 2 aliphatic heterocycles. The van der Waals surface area contributed by atoms with Crippen LogP contribution in [0.25, 0.3) is 10.2 Å². The van der Waals surface area contributed by atoms with Gasteiger partial charge in [-0.15, -0.1) is 11.3 Å². The fourth-order valence-electron chi connectivity index (χ4n) is 4.61. The highest BCUT2D eigenvalue weighted by Gasteiger charge is 2.35. The van der Waals surface area contributed by atoms with Gasteiger partial charge in [0, 0.05) is 43.8 Å². The predicted molar refractivity (Wildman–Crippen MR) is 119 cm³/mol. The summed E-state index contributed by atoms with van der Waals surface area (Å²) in [6.07, 6.45) is 3.58. The quantitative estimate of drug-likeness (QED) is 0.507. The minimum atomic E-state index is -0.380. The van der Waals surface area contributed by atoms with Crippen LogP contribution in [-0.2, 0) is 0 Å². The van der Waals surface area contributed by atoms with Crippen molar-refractivity contribution >= 4 is 50.7 Å². The lowest BCUT2D eigenvalue weighted by Crippen LogP contribution is -2.57. The first-order valence-corrected chi connectivity index (χ1v) is 11.6. The number of benzene rings is 1. The zero-order valence-electron chi connectivity index (χ0n) is 16.2. The Bertz CT molecular complexity index is 1120. The molecule has 4 heterocycles. The summed E-state index contributed by atoms with van der Waals surface area (Å²) in [4.78, 5) is 22.7. The number of piperazine rings is 1. The van der Waals surface area contributed by atoms with Crippen molar-refractivity contribution in [3.63, 3.8) is 0 Å². The van der Waals surface area contributed by atoms with Crippen molar-refractivity contribution in [3.05, 3.63) is 62.8 Å². The second kappa shape index (κ2) is 8.08. The van der Waals surface area contributed by atoms with Crippen molar-refractivity contribution in [2.24, 2.45) is 0 Å². The number of carbonyl (C=O) groups is 1. The van der Waals surface area contributed by atoms with Gasteiger partial charge >= 0.3 is 0 Å². The maximum absolute atomic E-state index is 13.5. The Hall–Kier alpha value is -1.73. The topological polar surface area (TPSA) is 36.4 Å². The van der Waals surface area contributed by atoms with Gasteiger partial charge in [0.25, 0.3) is 5.91 Å². The molecule has 3 aromatic rings. The van der Waals surface area contributed by atoms with Crippen LogP contribution in [0, 0.1) is 5.82 Å². The van der Waals surface area contributed by atoms with Crippen LogP contribution in [0.5, 0.6) is 0 Å². The molecule has 0 spiro atoms. The van der Waals surface area contributed by atoms with E-state index in [1.165, 1.54) is 17.4 Å².